The standard InChI is InChI=1S/C11H20N2O3/c1-11(6-7-11)13-10(16)12-8-4-2-3-5-9(14)15/h2-8H2,1H3,(H,14,15)(H2,12,13,16). The summed E-state index contributed by atoms with van der Waals surface area (Å²) >= 11 is 0. The third-order valence-electron chi connectivity index (χ3n) is 2.77. The van der Waals surface area contributed by atoms with Gasteiger partial charge in [-0.25, -0.2) is 4.79 Å². The molecule has 0 aromatic carbocycles. The van der Waals surface area contributed by atoms with Crippen molar-refractivity contribution < 1.29 is 14.7 Å². The Hall–Kier alpha value is -1.26. The smallest absolute Gasteiger partial charge is 0.315 e. The van der Waals surface area contributed by atoms with Gasteiger partial charge in [0.15, 0.2) is 0 Å². The summed E-state index contributed by atoms with van der Waals surface area (Å²) in [4.78, 5) is 21.5. The van der Waals surface area contributed by atoms with Gasteiger partial charge in [0.05, 0.1) is 0 Å². The Kier molecular flexibility index (Phi) is 4.58. The summed E-state index contributed by atoms with van der Waals surface area (Å²) in [5.41, 5.74) is 0.0212. The van der Waals surface area contributed by atoms with Gasteiger partial charge in [0.25, 0.3) is 0 Å². The zero-order valence-electron chi connectivity index (χ0n) is 9.71. The van der Waals surface area contributed by atoms with Crippen molar-refractivity contribution in [2.45, 2.75) is 51.0 Å². The van der Waals surface area contributed by atoms with Crippen molar-refractivity contribution in [3.63, 3.8) is 0 Å². The number of hydrogen-bond acceptors (Lipinski definition) is 2. The molecule has 1 fully saturated rings. The Bertz CT molecular complexity index is 262. The lowest BCUT2D eigenvalue weighted by Crippen LogP contribution is -2.42. The molecule has 1 aliphatic rings. The first kappa shape index (κ1) is 12.8. The highest BCUT2D eigenvalue weighted by molar-refractivity contribution is 5.75. The van der Waals surface area contributed by atoms with Gasteiger partial charge in [-0.3, -0.25) is 4.79 Å². The molecule has 0 bridgehead atoms. The normalized spacial score (nSPS) is 16.6. The van der Waals surface area contributed by atoms with Gasteiger partial charge in [-0.15, -0.1) is 0 Å². The molecule has 1 aliphatic carbocycles. The van der Waals surface area contributed by atoms with Gasteiger partial charge < -0.3 is 15.7 Å². The number of rotatable bonds is 7. The summed E-state index contributed by atoms with van der Waals surface area (Å²) < 4.78 is 0. The van der Waals surface area contributed by atoms with Crippen LogP contribution in [-0.2, 0) is 4.79 Å². The maximum Gasteiger partial charge on any atom is 0.315 e. The second-order valence-corrected chi connectivity index (χ2v) is 4.65. The Morgan fingerprint density at radius 3 is 2.50 bits per heavy atom. The van der Waals surface area contributed by atoms with Crippen molar-refractivity contribution >= 4 is 12.0 Å². The molecule has 0 atom stereocenters. The van der Waals surface area contributed by atoms with E-state index in [0.29, 0.717) is 13.0 Å². The van der Waals surface area contributed by atoms with Gasteiger partial charge >= 0.3 is 12.0 Å². The SMILES string of the molecule is CC1(NC(=O)NCCCCCC(=O)O)CC1. The average Bonchev–Trinajstić information content (AvgIpc) is 2.89. The van der Waals surface area contributed by atoms with Crippen molar-refractivity contribution in [3.8, 4) is 0 Å². The van der Waals surface area contributed by atoms with E-state index in [9.17, 15) is 9.59 Å². The highest BCUT2D eigenvalue weighted by Gasteiger charge is 2.38. The van der Waals surface area contributed by atoms with Crippen LogP contribution < -0.4 is 10.6 Å². The molecule has 0 radical (unpaired) electrons. The second-order valence-electron chi connectivity index (χ2n) is 4.65. The lowest BCUT2D eigenvalue weighted by Gasteiger charge is -2.12. The van der Waals surface area contributed by atoms with Crippen LogP contribution >= 0.6 is 0 Å². The number of hydrogen-bond donors (Lipinski definition) is 3. The van der Waals surface area contributed by atoms with Crippen LogP contribution in [0.4, 0.5) is 4.79 Å². The summed E-state index contributed by atoms with van der Waals surface area (Å²) in [6.45, 7) is 2.64. The molecule has 5 nitrogen and oxygen atoms in total. The molecule has 0 unspecified atom stereocenters. The first-order chi connectivity index (χ1) is 7.52. The Morgan fingerprint density at radius 2 is 1.94 bits per heavy atom. The molecule has 0 aromatic heterocycles. The molecule has 1 saturated carbocycles. The zero-order chi connectivity index (χ0) is 12.0. The lowest BCUT2D eigenvalue weighted by atomic mass is 10.2. The maximum atomic E-state index is 11.3. The Labute approximate surface area is 95.6 Å². The minimum Gasteiger partial charge on any atom is -0.481 e. The summed E-state index contributed by atoms with van der Waals surface area (Å²) in [6, 6.07) is -0.113. The van der Waals surface area contributed by atoms with Crippen LogP contribution in [0.3, 0.4) is 0 Å². The van der Waals surface area contributed by atoms with E-state index in [1.54, 1.807) is 0 Å². The maximum absolute atomic E-state index is 11.3. The van der Waals surface area contributed by atoms with Crippen molar-refractivity contribution in [1.82, 2.24) is 10.6 Å². The number of carbonyl (C=O) groups excluding carboxylic acids is 1. The Balaban J connectivity index is 1.90. The van der Waals surface area contributed by atoms with Gasteiger partial charge in [0, 0.05) is 18.5 Å². The molecule has 0 aromatic rings. The quantitative estimate of drug-likeness (QED) is 0.577. The van der Waals surface area contributed by atoms with Crippen LogP contribution in [0.15, 0.2) is 0 Å². The number of urea groups is 1. The zero-order valence-corrected chi connectivity index (χ0v) is 9.71. The highest BCUT2D eigenvalue weighted by atomic mass is 16.4. The third-order valence-corrected chi connectivity index (χ3v) is 2.77. The predicted octanol–water partition coefficient (Wildman–Crippen LogP) is 1.48. The van der Waals surface area contributed by atoms with Crippen molar-refractivity contribution in [2.24, 2.45) is 0 Å². The molecule has 1 rings (SSSR count). The van der Waals surface area contributed by atoms with Gasteiger partial charge in [0.1, 0.15) is 0 Å². The first-order valence-electron chi connectivity index (χ1n) is 5.80. The number of nitrogens with one attached hydrogen (secondary N) is 2. The molecule has 16 heavy (non-hydrogen) atoms. The number of carbonyl (C=O) groups is 2. The summed E-state index contributed by atoms with van der Waals surface area (Å²) in [7, 11) is 0. The summed E-state index contributed by atoms with van der Waals surface area (Å²) in [5.74, 6) is -0.757. The van der Waals surface area contributed by atoms with E-state index in [1.807, 2.05) is 6.92 Å². The molecule has 0 spiro atoms. The minimum atomic E-state index is -0.757. The lowest BCUT2D eigenvalue weighted by molar-refractivity contribution is -0.137. The molecule has 92 valence electrons. The number of carboxylic acid groups (broad SMARTS) is 1. The molecule has 5 heteroatoms. The van der Waals surface area contributed by atoms with E-state index in [1.165, 1.54) is 0 Å². The van der Waals surface area contributed by atoms with Gasteiger partial charge in [-0.2, -0.15) is 0 Å². The van der Waals surface area contributed by atoms with Gasteiger partial charge in [-0.05, 0) is 32.6 Å². The first-order valence-corrected chi connectivity index (χ1v) is 5.80. The molecule has 2 amide bonds. The molecule has 0 saturated heterocycles. The van der Waals surface area contributed by atoms with Crippen LogP contribution in [-0.4, -0.2) is 29.2 Å². The third kappa shape index (κ3) is 5.58. The average molecular weight is 228 g/mol. The summed E-state index contributed by atoms with van der Waals surface area (Å²) in [5, 5.41) is 14.1. The number of amides is 2. The van der Waals surface area contributed by atoms with Crippen LogP contribution in [0, 0.1) is 0 Å². The number of carboxylic acids is 1. The Morgan fingerprint density at radius 1 is 1.25 bits per heavy atom. The van der Waals surface area contributed by atoms with Crippen LogP contribution in [0.25, 0.3) is 0 Å². The van der Waals surface area contributed by atoms with Crippen molar-refractivity contribution in [2.75, 3.05) is 6.54 Å². The fourth-order valence-corrected chi connectivity index (χ4v) is 1.41. The van der Waals surface area contributed by atoms with E-state index < -0.39 is 5.97 Å². The van der Waals surface area contributed by atoms with Gasteiger partial charge in [0.2, 0.25) is 0 Å². The topological polar surface area (TPSA) is 78.4 Å². The van der Waals surface area contributed by atoms with Crippen LogP contribution in [0.2, 0.25) is 0 Å². The fourth-order valence-electron chi connectivity index (χ4n) is 1.41. The van der Waals surface area contributed by atoms with E-state index in [0.717, 1.165) is 25.7 Å². The predicted molar refractivity (Wildman–Crippen MR) is 60.3 cm³/mol. The van der Waals surface area contributed by atoms with E-state index in [-0.39, 0.29) is 18.0 Å². The van der Waals surface area contributed by atoms with Crippen LogP contribution in [0.5, 0.6) is 0 Å². The molecule has 0 aliphatic heterocycles. The second kappa shape index (κ2) is 5.72. The van der Waals surface area contributed by atoms with Crippen LogP contribution in [0.1, 0.15) is 45.4 Å². The fraction of sp³-hybridized carbons (Fsp3) is 0.818. The monoisotopic (exact) mass is 228 g/mol. The van der Waals surface area contributed by atoms with Crippen molar-refractivity contribution in [1.29, 1.82) is 0 Å². The van der Waals surface area contributed by atoms with E-state index in [2.05, 4.69) is 10.6 Å². The molecule has 3 N–H and O–H groups in total. The molecular formula is C11H20N2O3. The van der Waals surface area contributed by atoms with E-state index in [4.69, 9.17) is 5.11 Å². The molecule has 0 heterocycles. The number of unbranched alkanes of at least 4 members (excludes halogenated alkanes) is 2. The largest absolute Gasteiger partial charge is 0.481 e. The summed E-state index contributed by atoms with van der Waals surface area (Å²) in [6.07, 6.45) is 4.67. The minimum absolute atomic E-state index is 0.0212. The molecular weight excluding hydrogens is 208 g/mol. The number of aliphatic carboxylic acids is 1. The van der Waals surface area contributed by atoms with Gasteiger partial charge in [-0.1, -0.05) is 6.42 Å². The van der Waals surface area contributed by atoms with E-state index >= 15 is 0 Å². The van der Waals surface area contributed by atoms with Crippen molar-refractivity contribution in [3.05, 3.63) is 0 Å². The highest BCUT2D eigenvalue weighted by Crippen LogP contribution is 2.33.